The summed E-state index contributed by atoms with van der Waals surface area (Å²) in [4.78, 5) is 10.6. The van der Waals surface area contributed by atoms with Gasteiger partial charge in [-0.2, -0.15) is 0 Å². The van der Waals surface area contributed by atoms with E-state index < -0.39 is 5.97 Å². The summed E-state index contributed by atoms with van der Waals surface area (Å²) in [5.41, 5.74) is 2.17. The predicted octanol–water partition coefficient (Wildman–Crippen LogP) is 1.73. The van der Waals surface area contributed by atoms with Crippen LogP contribution >= 0.6 is 0 Å². The lowest BCUT2D eigenvalue weighted by molar-refractivity contribution is -0.137. The topological polar surface area (TPSA) is 49.3 Å². The van der Waals surface area contributed by atoms with Gasteiger partial charge in [0, 0.05) is 6.04 Å². The molecule has 0 saturated carbocycles. The van der Waals surface area contributed by atoms with Gasteiger partial charge < -0.3 is 10.4 Å². The Labute approximate surface area is 83.8 Å². The lowest BCUT2D eigenvalue weighted by Crippen LogP contribution is -2.19. The molecule has 0 aliphatic heterocycles. The third-order valence-electron chi connectivity index (χ3n) is 2.17. The number of aliphatic carboxylic acids is 1. The van der Waals surface area contributed by atoms with Gasteiger partial charge in [-0.1, -0.05) is 29.8 Å². The summed E-state index contributed by atoms with van der Waals surface area (Å²) in [6.45, 7) is 2.00. The van der Waals surface area contributed by atoms with Crippen LogP contribution in [0.2, 0.25) is 0 Å². The highest BCUT2D eigenvalue weighted by atomic mass is 16.4. The average molecular weight is 193 g/mol. The van der Waals surface area contributed by atoms with Crippen LogP contribution in [0.1, 0.15) is 23.6 Å². The molecule has 0 amide bonds. The maximum atomic E-state index is 10.6. The van der Waals surface area contributed by atoms with Gasteiger partial charge in [0.1, 0.15) is 0 Å². The summed E-state index contributed by atoms with van der Waals surface area (Å²) >= 11 is 0. The quantitative estimate of drug-likeness (QED) is 0.765. The van der Waals surface area contributed by atoms with Gasteiger partial charge in [0.15, 0.2) is 0 Å². The summed E-state index contributed by atoms with van der Waals surface area (Å²) in [5, 5.41) is 11.7. The number of nitrogens with one attached hydrogen (secondary N) is 1. The minimum Gasteiger partial charge on any atom is -0.481 e. The number of carbonyl (C=O) groups is 1. The molecule has 1 aromatic carbocycles. The van der Waals surface area contributed by atoms with E-state index in [1.54, 1.807) is 7.05 Å². The van der Waals surface area contributed by atoms with E-state index in [1.165, 1.54) is 0 Å². The predicted molar refractivity (Wildman–Crippen MR) is 55.2 cm³/mol. The highest BCUT2D eigenvalue weighted by Gasteiger charge is 2.12. The highest BCUT2D eigenvalue weighted by molar-refractivity contribution is 5.67. The number of hydrogen-bond acceptors (Lipinski definition) is 2. The summed E-state index contributed by atoms with van der Waals surface area (Å²) in [7, 11) is 1.77. The first-order chi connectivity index (χ1) is 6.63. The van der Waals surface area contributed by atoms with Crippen LogP contribution in [-0.4, -0.2) is 18.1 Å². The van der Waals surface area contributed by atoms with E-state index in [2.05, 4.69) is 5.32 Å². The van der Waals surface area contributed by atoms with Gasteiger partial charge in [-0.3, -0.25) is 4.79 Å². The molecule has 3 nitrogen and oxygen atoms in total. The van der Waals surface area contributed by atoms with Crippen LogP contribution in [0.5, 0.6) is 0 Å². The Bertz CT molecular complexity index is 323. The molecule has 0 aliphatic carbocycles. The van der Waals surface area contributed by atoms with Crippen LogP contribution in [0.25, 0.3) is 0 Å². The van der Waals surface area contributed by atoms with Gasteiger partial charge in [0.25, 0.3) is 0 Å². The SMILES string of the molecule is CNC(CC(=O)O)c1cccc(C)c1. The first-order valence-corrected chi connectivity index (χ1v) is 4.59. The van der Waals surface area contributed by atoms with E-state index >= 15 is 0 Å². The molecular weight excluding hydrogens is 178 g/mol. The fourth-order valence-corrected chi connectivity index (χ4v) is 1.45. The minimum atomic E-state index is -0.786. The normalized spacial score (nSPS) is 12.4. The zero-order valence-electron chi connectivity index (χ0n) is 8.45. The maximum Gasteiger partial charge on any atom is 0.305 e. The Morgan fingerprint density at radius 3 is 2.79 bits per heavy atom. The zero-order chi connectivity index (χ0) is 10.6. The first-order valence-electron chi connectivity index (χ1n) is 4.59. The number of rotatable bonds is 4. The van der Waals surface area contributed by atoms with Gasteiger partial charge in [0.05, 0.1) is 6.42 Å². The lowest BCUT2D eigenvalue weighted by atomic mass is 10.0. The van der Waals surface area contributed by atoms with E-state index in [0.29, 0.717) is 0 Å². The molecule has 1 aromatic rings. The second-order valence-electron chi connectivity index (χ2n) is 3.35. The van der Waals surface area contributed by atoms with Crippen molar-refractivity contribution in [1.29, 1.82) is 0 Å². The first kappa shape index (κ1) is 10.7. The molecule has 0 bridgehead atoms. The molecule has 0 saturated heterocycles. The minimum absolute atomic E-state index is 0.104. The van der Waals surface area contributed by atoms with Crippen LogP contribution in [0.3, 0.4) is 0 Å². The van der Waals surface area contributed by atoms with Crippen molar-refractivity contribution in [3.05, 3.63) is 35.4 Å². The maximum absolute atomic E-state index is 10.6. The van der Waals surface area contributed by atoms with Crippen molar-refractivity contribution in [3.8, 4) is 0 Å². The van der Waals surface area contributed by atoms with Crippen molar-refractivity contribution >= 4 is 5.97 Å². The molecule has 14 heavy (non-hydrogen) atoms. The van der Waals surface area contributed by atoms with Crippen LogP contribution in [0.15, 0.2) is 24.3 Å². The summed E-state index contributed by atoms with van der Waals surface area (Å²) in [6.07, 6.45) is 0.111. The van der Waals surface area contributed by atoms with Crippen LogP contribution < -0.4 is 5.32 Å². The van der Waals surface area contributed by atoms with Crippen LogP contribution in [0, 0.1) is 6.92 Å². The standard InChI is InChI=1S/C11H15NO2/c1-8-4-3-5-9(6-8)10(12-2)7-11(13)14/h3-6,10,12H,7H2,1-2H3,(H,13,14). The summed E-state index contributed by atoms with van der Waals surface area (Å²) in [6, 6.07) is 7.78. The molecule has 2 N–H and O–H groups in total. The molecular formula is C11H15NO2. The molecule has 0 aromatic heterocycles. The second-order valence-corrected chi connectivity index (χ2v) is 3.35. The Balaban J connectivity index is 2.83. The summed E-state index contributed by atoms with van der Waals surface area (Å²) in [5.74, 6) is -0.786. The van der Waals surface area contributed by atoms with Crippen LogP contribution in [0.4, 0.5) is 0 Å². The molecule has 76 valence electrons. The molecule has 3 heteroatoms. The number of aryl methyl sites for hydroxylation is 1. The fraction of sp³-hybridized carbons (Fsp3) is 0.364. The molecule has 0 spiro atoms. The molecule has 0 heterocycles. The smallest absolute Gasteiger partial charge is 0.305 e. The average Bonchev–Trinajstić information content (AvgIpc) is 2.14. The monoisotopic (exact) mass is 193 g/mol. The second kappa shape index (κ2) is 4.77. The van der Waals surface area contributed by atoms with Gasteiger partial charge >= 0.3 is 5.97 Å². The highest BCUT2D eigenvalue weighted by Crippen LogP contribution is 2.17. The van der Waals surface area contributed by atoms with E-state index in [0.717, 1.165) is 11.1 Å². The number of hydrogen-bond donors (Lipinski definition) is 2. The van der Waals surface area contributed by atoms with Crippen molar-refractivity contribution in [2.75, 3.05) is 7.05 Å². The van der Waals surface area contributed by atoms with E-state index in [-0.39, 0.29) is 12.5 Å². The Kier molecular flexibility index (Phi) is 3.65. The fourth-order valence-electron chi connectivity index (χ4n) is 1.45. The van der Waals surface area contributed by atoms with E-state index in [1.807, 2.05) is 31.2 Å². The Morgan fingerprint density at radius 2 is 2.29 bits per heavy atom. The van der Waals surface area contributed by atoms with Gasteiger partial charge in [-0.25, -0.2) is 0 Å². The van der Waals surface area contributed by atoms with Crippen LogP contribution in [-0.2, 0) is 4.79 Å². The molecule has 1 unspecified atom stereocenters. The number of carboxylic acids is 1. The van der Waals surface area contributed by atoms with Crippen molar-refractivity contribution in [2.24, 2.45) is 0 Å². The molecule has 1 rings (SSSR count). The molecule has 0 radical (unpaired) electrons. The van der Waals surface area contributed by atoms with Crippen molar-refractivity contribution < 1.29 is 9.90 Å². The number of benzene rings is 1. The Hall–Kier alpha value is -1.35. The zero-order valence-corrected chi connectivity index (χ0v) is 8.45. The Morgan fingerprint density at radius 1 is 1.57 bits per heavy atom. The summed E-state index contributed by atoms with van der Waals surface area (Å²) < 4.78 is 0. The molecule has 0 aliphatic rings. The van der Waals surface area contributed by atoms with Crippen molar-refractivity contribution in [1.82, 2.24) is 5.32 Å². The van der Waals surface area contributed by atoms with Gasteiger partial charge in [-0.05, 0) is 19.5 Å². The lowest BCUT2D eigenvalue weighted by Gasteiger charge is -2.14. The van der Waals surface area contributed by atoms with E-state index in [9.17, 15) is 4.79 Å². The largest absolute Gasteiger partial charge is 0.481 e. The van der Waals surface area contributed by atoms with E-state index in [4.69, 9.17) is 5.11 Å². The van der Waals surface area contributed by atoms with Crippen molar-refractivity contribution in [2.45, 2.75) is 19.4 Å². The van der Waals surface area contributed by atoms with Crippen molar-refractivity contribution in [3.63, 3.8) is 0 Å². The van der Waals surface area contributed by atoms with Gasteiger partial charge in [0.2, 0.25) is 0 Å². The molecule has 1 atom stereocenters. The third-order valence-corrected chi connectivity index (χ3v) is 2.17. The number of carboxylic acid groups (broad SMARTS) is 1. The molecule has 0 fully saturated rings. The third kappa shape index (κ3) is 2.85. The van der Waals surface area contributed by atoms with Gasteiger partial charge in [-0.15, -0.1) is 0 Å².